The van der Waals surface area contributed by atoms with Crippen LogP contribution in [0.25, 0.3) is 5.69 Å². The normalized spacial score (nSPS) is 11.5. The Morgan fingerprint density at radius 2 is 1.91 bits per heavy atom. The summed E-state index contributed by atoms with van der Waals surface area (Å²) in [7, 11) is -3.75. The van der Waals surface area contributed by atoms with Gasteiger partial charge in [-0.3, -0.25) is 4.79 Å². The van der Waals surface area contributed by atoms with E-state index >= 15 is 0 Å². The third kappa shape index (κ3) is 5.18. The van der Waals surface area contributed by atoms with Crippen LogP contribution in [0.3, 0.4) is 0 Å². The molecule has 2 N–H and O–H groups in total. The fraction of sp³-hybridized carbons (Fsp3) is 0.130. The maximum atomic E-state index is 14.5. The number of rotatable bonds is 8. The highest BCUT2D eigenvalue weighted by Gasteiger charge is 2.16. The number of carbonyl (C=O) groups is 1. The van der Waals surface area contributed by atoms with Gasteiger partial charge in [0, 0.05) is 24.5 Å². The Kier molecular flexibility index (Phi) is 6.38. The van der Waals surface area contributed by atoms with Crippen LogP contribution in [0.5, 0.6) is 0 Å². The lowest BCUT2D eigenvalue weighted by Crippen LogP contribution is -2.24. The van der Waals surface area contributed by atoms with Gasteiger partial charge in [0.05, 0.1) is 23.4 Å². The van der Waals surface area contributed by atoms with Gasteiger partial charge in [-0.1, -0.05) is 6.07 Å². The molecule has 2 heterocycles. The Balaban J connectivity index is 1.37. The number of halogens is 1. The summed E-state index contributed by atoms with van der Waals surface area (Å²) in [5.74, 6) is 0.313. The Labute approximate surface area is 190 Å². The van der Waals surface area contributed by atoms with Crippen molar-refractivity contribution in [1.82, 2.24) is 19.6 Å². The van der Waals surface area contributed by atoms with E-state index in [1.165, 1.54) is 36.6 Å². The molecule has 0 saturated carbocycles. The Morgan fingerprint density at radius 1 is 1.12 bits per heavy atom. The van der Waals surface area contributed by atoms with Gasteiger partial charge in [-0.2, -0.15) is 0 Å². The molecule has 0 atom stereocenters. The maximum Gasteiger partial charge on any atom is 0.251 e. The van der Waals surface area contributed by atoms with Crippen LogP contribution in [0.2, 0.25) is 0 Å². The van der Waals surface area contributed by atoms with Crippen molar-refractivity contribution in [3.63, 3.8) is 0 Å². The zero-order chi connectivity index (χ0) is 23.4. The number of nitrogens with one attached hydrogen (secondary N) is 2. The van der Waals surface area contributed by atoms with Gasteiger partial charge in [-0.15, -0.1) is 0 Å². The first-order chi connectivity index (χ1) is 15.8. The molecule has 1 amide bonds. The first-order valence-corrected chi connectivity index (χ1v) is 11.5. The average molecular weight is 469 g/mol. The summed E-state index contributed by atoms with van der Waals surface area (Å²) in [5.41, 5.74) is 1.24. The number of benzene rings is 2. The van der Waals surface area contributed by atoms with Crippen LogP contribution in [0.15, 0.2) is 82.6 Å². The van der Waals surface area contributed by atoms with Crippen LogP contribution >= 0.6 is 0 Å². The Bertz CT molecular complexity index is 1360. The molecule has 0 radical (unpaired) electrons. The number of hydrogen-bond acceptors (Lipinski definition) is 5. The summed E-state index contributed by atoms with van der Waals surface area (Å²) in [6.45, 7) is 1.91. The third-order valence-electron chi connectivity index (χ3n) is 4.99. The number of carbonyl (C=O) groups excluding carboxylic acids is 1. The van der Waals surface area contributed by atoms with Gasteiger partial charge in [0.2, 0.25) is 10.0 Å². The fourth-order valence-electron chi connectivity index (χ4n) is 3.22. The molecule has 0 aliphatic carbocycles. The highest BCUT2D eigenvalue weighted by Crippen LogP contribution is 2.17. The van der Waals surface area contributed by atoms with Crippen LogP contribution in [-0.2, 0) is 23.1 Å². The van der Waals surface area contributed by atoms with Gasteiger partial charge in [0.15, 0.2) is 0 Å². The molecule has 4 aromatic rings. The van der Waals surface area contributed by atoms with Gasteiger partial charge in [0.25, 0.3) is 5.91 Å². The van der Waals surface area contributed by atoms with Crippen molar-refractivity contribution in [2.45, 2.75) is 24.9 Å². The topological polar surface area (TPSA) is 106 Å². The molecule has 0 fully saturated rings. The maximum absolute atomic E-state index is 14.5. The molecule has 10 heteroatoms. The van der Waals surface area contributed by atoms with E-state index < -0.39 is 21.7 Å². The van der Waals surface area contributed by atoms with E-state index in [-0.39, 0.29) is 23.5 Å². The summed E-state index contributed by atoms with van der Waals surface area (Å²) < 4.78 is 48.5. The minimum Gasteiger partial charge on any atom is -0.468 e. The van der Waals surface area contributed by atoms with Gasteiger partial charge < -0.3 is 14.3 Å². The Hall–Kier alpha value is -3.76. The molecular formula is C23H21FN4O4S. The van der Waals surface area contributed by atoms with Gasteiger partial charge >= 0.3 is 0 Å². The first-order valence-electron chi connectivity index (χ1n) is 10.0. The summed E-state index contributed by atoms with van der Waals surface area (Å²) >= 11 is 0. The molecular weight excluding hydrogens is 447 g/mol. The number of sulfonamides is 1. The van der Waals surface area contributed by atoms with Gasteiger partial charge in [-0.25, -0.2) is 22.5 Å². The second-order valence-corrected chi connectivity index (χ2v) is 9.01. The molecule has 0 spiro atoms. The third-order valence-corrected chi connectivity index (χ3v) is 6.41. The van der Waals surface area contributed by atoms with Gasteiger partial charge in [0.1, 0.15) is 17.4 Å². The van der Waals surface area contributed by atoms with E-state index in [9.17, 15) is 17.6 Å². The van der Waals surface area contributed by atoms with E-state index in [4.69, 9.17) is 4.42 Å². The lowest BCUT2D eigenvalue weighted by molar-refractivity contribution is 0.0950. The van der Waals surface area contributed by atoms with Crippen molar-refractivity contribution in [3.8, 4) is 5.69 Å². The van der Waals surface area contributed by atoms with Crippen molar-refractivity contribution in [2.24, 2.45) is 0 Å². The number of hydrogen-bond donors (Lipinski definition) is 2. The van der Waals surface area contributed by atoms with Crippen molar-refractivity contribution in [2.75, 3.05) is 0 Å². The van der Waals surface area contributed by atoms with Crippen LogP contribution in [0, 0.1) is 12.7 Å². The SMILES string of the molecule is Cc1nccn1-c1ccc(CNC(=O)c2ccc(S(=O)(=O)NCc3ccco3)cc2)cc1F. The minimum absolute atomic E-state index is 0.0212. The average Bonchev–Trinajstić information content (AvgIpc) is 3.48. The van der Waals surface area contributed by atoms with Crippen molar-refractivity contribution in [1.29, 1.82) is 0 Å². The summed E-state index contributed by atoms with van der Waals surface area (Å²) in [5, 5.41) is 2.71. The zero-order valence-electron chi connectivity index (χ0n) is 17.7. The number of nitrogens with zero attached hydrogens (tertiary/aromatic N) is 2. The smallest absolute Gasteiger partial charge is 0.251 e. The number of amides is 1. The molecule has 33 heavy (non-hydrogen) atoms. The lowest BCUT2D eigenvalue weighted by Gasteiger charge is -2.10. The largest absolute Gasteiger partial charge is 0.468 e. The molecule has 8 nitrogen and oxygen atoms in total. The van der Waals surface area contributed by atoms with Crippen LogP contribution in [-0.4, -0.2) is 23.9 Å². The lowest BCUT2D eigenvalue weighted by atomic mass is 10.1. The molecule has 0 aliphatic heterocycles. The van der Waals surface area contributed by atoms with E-state index in [0.29, 0.717) is 22.8 Å². The minimum atomic E-state index is -3.75. The first kappa shape index (κ1) is 22.4. The molecule has 2 aromatic heterocycles. The van der Waals surface area contributed by atoms with E-state index in [0.717, 1.165) is 0 Å². The molecule has 4 rings (SSSR count). The van der Waals surface area contributed by atoms with Gasteiger partial charge in [-0.05, 0) is 61.0 Å². The van der Waals surface area contributed by atoms with Crippen molar-refractivity contribution >= 4 is 15.9 Å². The zero-order valence-corrected chi connectivity index (χ0v) is 18.5. The predicted molar refractivity (Wildman–Crippen MR) is 119 cm³/mol. The number of aromatic nitrogens is 2. The second kappa shape index (κ2) is 9.39. The fourth-order valence-corrected chi connectivity index (χ4v) is 4.21. The molecule has 0 unspecified atom stereocenters. The van der Waals surface area contributed by atoms with Crippen LogP contribution in [0.4, 0.5) is 4.39 Å². The van der Waals surface area contributed by atoms with Crippen LogP contribution in [0.1, 0.15) is 27.5 Å². The highest BCUT2D eigenvalue weighted by molar-refractivity contribution is 7.89. The summed E-state index contributed by atoms with van der Waals surface area (Å²) in [6.07, 6.45) is 4.72. The van der Waals surface area contributed by atoms with E-state index in [1.807, 2.05) is 0 Å². The molecule has 0 saturated heterocycles. The van der Waals surface area contributed by atoms with Crippen LogP contribution < -0.4 is 10.0 Å². The second-order valence-electron chi connectivity index (χ2n) is 7.24. The van der Waals surface area contributed by atoms with E-state index in [1.54, 1.807) is 48.1 Å². The summed E-state index contributed by atoms with van der Waals surface area (Å²) in [4.78, 5) is 16.6. The number of furan rings is 1. The quantitative estimate of drug-likeness (QED) is 0.413. The standard InChI is InChI=1S/C23H21FN4O4S/c1-16-25-10-11-28(16)22-9-4-17(13-21(22)24)14-26-23(29)18-5-7-20(8-6-18)33(30,31)27-15-19-3-2-12-32-19/h2-13,27H,14-15H2,1H3,(H,26,29). The van der Waals surface area contributed by atoms with Crippen molar-refractivity contribution in [3.05, 3.63) is 102 Å². The van der Waals surface area contributed by atoms with E-state index in [2.05, 4.69) is 15.0 Å². The Morgan fingerprint density at radius 3 is 2.55 bits per heavy atom. The number of aryl methyl sites for hydroxylation is 1. The monoisotopic (exact) mass is 468 g/mol. The molecule has 0 aliphatic rings. The van der Waals surface area contributed by atoms with Crippen molar-refractivity contribution < 1.29 is 22.0 Å². The molecule has 0 bridgehead atoms. The molecule has 170 valence electrons. The molecule has 2 aromatic carbocycles. The number of imidazole rings is 1. The highest BCUT2D eigenvalue weighted by atomic mass is 32.2. The predicted octanol–water partition coefficient (Wildman–Crippen LogP) is 3.32. The summed E-state index contributed by atoms with van der Waals surface area (Å²) in [6, 6.07) is 13.6.